The van der Waals surface area contributed by atoms with Gasteiger partial charge >= 0.3 is 0 Å². The summed E-state index contributed by atoms with van der Waals surface area (Å²) in [6.45, 7) is 6.28. The van der Waals surface area contributed by atoms with Crippen molar-refractivity contribution in [1.82, 2.24) is 29.9 Å². The molecule has 0 saturated carbocycles. The Labute approximate surface area is 192 Å². The molecule has 2 aliphatic heterocycles. The molecule has 0 aromatic carbocycles. The van der Waals surface area contributed by atoms with Gasteiger partial charge in [-0.25, -0.2) is 14.1 Å². The van der Waals surface area contributed by atoms with Crippen LogP contribution >= 0.6 is 0 Å². The Balaban J connectivity index is 1.47. The van der Waals surface area contributed by atoms with E-state index in [4.69, 9.17) is 14.6 Å². The Hall–Kier alpha value is -2.98. The molecule has 3 aromatic rings. The van der Waals surface area contributed by atoms with E-state index < -0.39 is 5.82 Å². The standard InChI is InChI=1S/C23H30FN7O2/c1-14-6-16(7-15(2)28-14)11-30-12-18(10-27-30)31-22-19(4-5-33-13-26-22)21(29-31)17-8-20(24)23(32-3)25-9-17/h8-10,12,14-16,26,28H,4-7,11,13H2,1-3H3/t14-,15+,16?. The number of rotatable bonds is 5. The van der Waals surface area contributed by atoms with E-state index in [1.807, 2.05) is 21.8 Å². The fourth-order valence-electron chi connectivity index (χ4n) is 5.05. The van der Waals surface area contributed by atoms with Crippen LogP contribution in [0, 0.1) is 11.7 Å². The minimum Gasteiger partial charge on any atom is -0.479 e. The van der Waals surface area contributed by atoms with Crippen LogP contribution in [0.1, 0.15) is 32.3 Å². The van der Waals surface area contributed by atoms with E-state index in [-0.39, 0.29) is 5.88 Å². The molecule has 0 radical (unpaired) electrons. The maximum atomic E-state index is 14.4. The van der Waals surface area contributed by atoms with Crippen LogP contribution in [0.15, 0.2) is 24.7 Å². The number of aromatic nitrogens is 5. The summed E-state index contributed by atoms with van der Waals surface area (Å²) >= 11 is 0. The number of piperidine rings is 1. The molecule has 10 heteroatoms. The van der Waals surface area contributed by atoms with Gasteiger partial charge in [0.2, 0.25) is 5.88 Å². The van der Waals surface area contributed by atoms with Gasteiger partial charge in [0.1, 0.15) is 18.2 Å². The van der Waals surface area contributed by atoms with Crippen molar-refractivity contribution in [3.05, 3.63) is 36.0 Å². The van der Waals surface area contributed by atoms with Crippen LogP contribution in [0.3, 0.4) is 0 Å². The number of ether oxygens (including phenoxy) is 2. The lowest BCUT2D eigenvalue weighted by atomic mass is 9.89. The van der Waals surface area contributed by atoms with Crippen molar-refractivity contribution in [1.29, 1.82) is 0 Å². The number of nitrogens with one attached hydrogen (secondary N) is 2. The van der Waals surface area contributed by atoms with E-state index in [0.717, 1.165) is 36.5 Å². The molecule has 2 aliphatic rings. The number of pyridine rings is 1. The molecule has 1 fully saturated rings. The molecule has 3 atom stereocenters. The van der Waals surface area contributed by atoms with Gasteiger partial charge < -0.3 is 20.1 Å². The number of halogens is 1. The van der Waals surface area contributed by atoms with Crippen molar-refractivity contribution < 1.29 is 13.9 Å². The summed E-state index contributed by atoms with van der Waals surface area (Å²) in [6.07, 6.45) is 8.36. The Morgan fingerprint density at radius 2 is 2.06 bits per heavy atom. The van der Waals surface area contributed by atoms with Crippen LogP contribution < -0.4 is 15.4 Å². The lowest BCUT2D eigenvalue weighted by molar-refractivity contribution is 0.159. The number of methoxy groups -OCH3 is 1. The van der Waals surface area contributed by atoms with Crippen molar-refractivity contribution in [3.63, 3.8) is 0 Å². The molecule has 176 valence electrons. The minimum atomic E-state index is -0.519. The van der Waals surface area contributed by atoms with Gasteiger partial charge in [-0.3, -0.25) is 4.68 Å². The topological polar surface area (TPSA) is 91.1 Å². The fourth-order valence-corrected chi connectivity index (χ4v) is 5.05. The number of hydrogen-bond acceptors (Lipinski definition) is 7. The molecule has 5 heterocycles. The van der Waals surface area contributed by atoms with Gasteiger partial charge in [0, 0.05) is 42.4 Å². The molecule has 5 rings (SSSR count). The van der Waals surface area contributed by atoms with E-state index in [2.05, 4.69) is 34.6 Å². The largest absolute Gasteiger partial charge is 0.479 e. The molecular formula is C23H30FN7O2. The predicted octanol–water partition coefficient (Wildman–Crippen LogP) is 3.00. The monoisotopic (exact) mass is 455 g/mol. The highest BCUT2D eigenvalue weighted by Crippen LogP contribution is 2.33. The normalized spacial score (nSPS) is 23.0. The number of hydrogen-bond donors (Lipinski definition) is 2. The lowest BCUT2D eigenvalue weighted by Crippen LogP contribution is -2.43. The zero-order valence-electron chi connectivity index (χ0n) is 19.2. The minimum absolute atomic E-state index is 0.0337. The van der Waals surface area contributed by atoms with Gasteiger partial charge in [-0.15, -0.1) is 0 Å². The molecule has 0 spiro atoms. The fraction of sp³-hybridized carbons (Fsp3) is 0.522. The first-order valence-electron chi connectivity index (χ1n) is 11.4. The molecule has 3 aromatic heterocycles. The summed E-state index contributed by atoms with van der Waals surface area (Å²) < 4.78 is 28.8. The van der Waals surface area contributed by atoms with E-state index in [0.29, 0.717) is 49.0 Å². The average molecular weight is 456 g/mol. The smallest absolute Gasteiger partial charge is 0.250 e. The van der Waals surface area contributed by atoms with Crippen LogP contribution in [0.2, 0.25) is 0 Å². The van der Waals surface area contributed by atoms with Crippen molar-refractivity contribution >= 4 is 5.82 Å². The third kappa shape index (κ3) is 4.45. The molecule has 9 nitrogen and oxygen atoms in total. The molecular weight excluding hydrogens is 425 g/mol. The van der Waals surface area contributed by atoms with Gasteiger partial charge in [0.25, 0.3) is 0 Å². The summed E-state index contributed by atoms with van der Waals surface area (Å²) in [6, 6.07) is 2.44. The summed E-state index contributed by atoms with van der Waals surface area (Å²) in [7, 11) is 1.40. The van der Waals surface area contributed by atoms with Gasteiger partial charge in [-0.05, 0) is 38.7 Å². The van der Waals surface area contributed by atoms with Crippen LogP contribution in [-0.4, -0.2) is 57.1 Å². The lowest BCUT2D eigenvalue weighted by Gasteiger charge is -2.32. The number of nitrogens with zero attached hydrogens (tertiary/aromatic N) is 5. The van der Waals surface area contributed by atoms with Crippen LogP contribution in [0.25, 0.3) is 16.9 Å². The second-order valence-electron chi connectivity index (χ2n) is 9.01. The Kier molecular flexibility index (Phi) is 6.03. The Bertz CT molecular complexity index is 1120. The van der Waals surface area contributed by atoms with Crippen LogP contribution in [0.5, 0.6) is 5.88 Å². The molecule has 0 amide bonds. The maximum absolute atomic E-state index is 14.4. The van der Waals surface area contributed by atoms with Gasteiger partial charge in [-0.2, -0.15) is 10.2 Å². The summed E-state index contributed by atoms with van der Waals surface area (Å²) in [5.74, 6) is 0.861. The van der Waals surface area contributed by atoms with Gasteiger partial charge in [-0.1, -0.05) is 0 Å². The zero-order valence-corrected chi connectivity index (χ0v) is 19.2. The highest BCUT2D eigenvalue weighted by Gasteiger charge is 2.26. The number of anilines is 1. The quantitative estimate of drug-likeness (QED) is 0.611. The first-order chi connectivity index (χ1) is 16.0. The highest BCUT2D eigenvalue weighted by atomic mass is 19.1. The zero-order chi connectivity index (χ0) is 22.9. The number of fused-ring (bicyclic) bond motifs is 1. The first-order valence-corrected chi connectivity index (χ1v) is 11.4. The van der Waals surface area contributed by atoms with Crippen molar-refractivity contribution in [2.45, 2.75) is 51.7 Å². The summed E-state index contributed by atoms with van der Waals surface area (Å²) in [4.78, 5) is 4.09. The molecule has 2 N–H and O–H groups in total. The average Bonchev–Trinajstić information content (AvgIpc) is 3.29. The van der Waals surface area contributed by atoms with Gasteiger partial charge in [0.05, 0.1) is 31.8 Å². The first kappa shape index (κ1) is 21.8. The molecule has 1 unspecified atom stereocenters. The molecule has 33 heavy (non-hydrogen) atoms. The SMILES string of the molecule is COc1ncc(-c2nn(-c3cnn(CC4C[C@@H](C)N[C@@H](C)C4)c3)c3c2CCOCN3)cc1F. The van der Waals surface area contributed by atoms with E-state index in [9.17, 15) is 4.39 Å². The van der Waals surface area contributed by atoms with Crippen LogP contribution in [-0.2, 0) is 17.7 Å². The maximum Gasteiger partial charge on any atom is 0.250 e. The molecule has 0 aliphatic carbocycles. The van der Waals surface area contributed by atoms with Crippen LogP contribution in [0.4, 0.5) is 10.2 Å². The third-order valence-electron chi connectivity index (χ3n) is 6.35. The van der Waals surface area contributed by atoms with Crippen molar-refractivity contribution in [2.75, 3.05) is 25.8 Å². The van der Waals surface area contributed by atoms with Crippen molar-refractivity contribution in [2.24, 2.45) is 5.92 Å². The predicted molar refractivity (Wildman–Crippen MR) is 122 cm³/mol. The summed E-state index contributed by atoms with van der Waals surface area (Å²) in [5.41, 5.74) is 3.08. The highest BCUT2D eigenvalue weighted by molar-refractivity contribution is 5.71. The van der Waals surface area contributed by atoms with E-state index in [1.165, 1.54) is 13.2 Å². The van der Waals surface area contributed by atoms with E-state index >= 15 is 0 Å². The van der Waals surface area contributed by atoms with E-state index in [1.54, 1.807) is 6.20 Å². The second kappa shape index (κ2) is 9.11. The van der Waals surface area contributed by atoms with Crippen molar-refractivity contribution in [3.8, 4) is 22.8 Å². The molecule has 0 bridgehead atoms. The summed E-state index contributed by atoms with van der Waals surface area (Å²) in [5, 5.41) is 16.4. The molecule has 1 saturated heterocycles. The second-order valence-corrected chi connectivity index (χ2v) is 9.01. The third-order valence-corrected chi connectivity index (χ3v) is 6.35. The van der Waals surface area contributed by atoms with Gasteiger partial charge in [0.15, 0.2) is 5.82 Å². The Morgan fingerprint density at radius 3 is 2.82 bits per heavy atom. The Morgan fingerprint density at radius 1 is 1.24 bits per heavy atom.